The molecule has 2 N–H and O–H groups in total. The van der Waals surface area contributed by atoms with Gasteiger partial charge in [0.1, 0.15) is 11.5 Å². The molecule has 3 aromatic heterocycles. The molecule has 2 aromatic carbocycles. The molecule has 1 aliphatic rings. The van der Waals surface area contributed by atoms with Gasteiger partial charge in [0.15, 0.2) is 0 Å². The van der Waals surface area contributed by atoms with Gasteiger partial charge in [0, 0.05) is 30.1 Å². The monoisotopic (exact) mass is 486 g/mol. The molecule has 0 bridgehead atoms. The first-order valence-electron chi connectivity index (χ1n) is 11.9. The zero-order valence-corrected chi connectivity index (χ0v) is 19.8. The number of anilines is 2. The fraction of sp³-hybridized carbons (Fsp3) is 0.0690. The fourth-order valence-corrected chi connectivity index (χ4v) is 4.56. The van der Waals surface area contributed by atoms with Crippen molar-refractivity contribution in [2.45, 2.75) is 6.42 Å². The van der Waals surface area contributed by atoms with E-state index in [0.717, 1.165) is 22.4 Å². The summed E-state index contributed by atoms with van der Waals surface area (Å²) in [5.41, 5.74) is 6.00. The summed E-state index contributed by atoms with van der Waals surface area (Å²) in [6.45, 7) is 0.485. The minimum Gasteiger partial charge on any atom is -0.307 e. The Labute approximate surface area is 213 Å². The summed E-state index contributed by atoms with van der Waals surface area (Å²) in [6, 6.07) is 24.2. The first-order chi connectivity index (χ1) is 18.2. The number of carbonyl (C=O) groups excluding carboxylic acids is 2. The van der Waals surface area contributed by atoms with Gasteiger partial charge in [-0.3, -0.25) is 19.7 Å². The quantitative estimate of drug-likeness (QED) is 0.373. The van der Waals surface area contributed by atoms with Gasteiger partial charge in [0.05, 0.1) is 23.1 Å². The van der Waals surface area contributed by atoms with Gasteiger partial charge in [0.25, 0.3) is 11.8 Å². The summed E-state index contributed by atoms with van der Waals surface area (Å²) >= 11 is 0. The van der Waals surface area contributed by atoms with E-state index in [1.54, 1.807) is 35.5 Å². The number of amides is 2. The highest BCUT2D eigenvalue weighted by Crippen LogP contribution is 2.34. The highest BCUT2D eigenvalue weighted by atomic mass is 16.2. The lowest BCUT2D eigenvalue weighted by Crippen LogP contribution is -2.32. The summed E-state index contributed by atoms with van der Waals surface area (Å²) in [5.74, 6) is -0.0936. The number of aromatic nitrogens is 4. The van der Waals surface area contributed by atoms with Crippen molar-refractivity contribution in [3.8, 4) is 22.5 Å². The molecule has 0 spiro atoms. The van der Waals surface area contributed by atoms with Crippen LogP contribution in [0, 0.1) is 0 Å². The molecule has 0 saturated carbocycles. The Morgan fingerprint density at radius 3 is 2.54 bits per heavy atom. The second-order valence-electron chi connectivity index (χ2n) is 8.65. The third-order valence-corrected chi connectivity index (χ3v) is 6.39. The number of benzene rings is 2. The second kappa shape index (κ2) is 9.50. The zero-order valence-electron chi connectivity index (χ0n) is 19.8. The van der Waals surface area contributed by atoms with Crippen LogP contribution in [0.1, 0.15) is 26.3 Å². The summed E-state index contributed by atoms with van der Waals surface area (Å²) in [7, 11) is 0. The van der Waals surface area contributed by atoms with Crippen molar-refractivity contribution < 1.29 is 9.59 Å². The van der Waals surface area contributed by atoms with E-state index in [2.05, 4.69) is 25.5 Å². The SMILES string of the molecule is O=C(Nc1ccc(C(=O)N2CCc3cn[nH]c3-c3ncccc32)cn1)c1ccccc1-c1ccccc1. The first-order valence-corrected chi connectivity index (χ1v) is 11.9. The molecule has 0 aliphatic carbocycles. The van der Waals surface area contributed by atoms with Crippen molar-refractivity contribution in [3.63, 3.8) is 0 Å². The van der Waals surface area contributed by atoms with Gasteiger partial charge in [-0.2, -0.15) is 5.10 Å². The van der Waals surface area contributed by atoms with Crippen LogP contribution in [0.25, 0.3) is 22.5 Å². The zero-order chi connectivity index (χ0) is 25.2. The molecule has 180 valence electrons. The molecule has 37 heavy (non-hydrogen) atoms. The molecule has 5 aromatic rings. The van der Waals surface area contributed by atoms with Gasteiger partial charge in [-0.1, -0.05) is 48.5 Å². The minimum absolute atomic E-state index is 0.188. The van der Waals surface area contributed by atoms with E-state index < -0.39 is 0 Å². The summed E-state index contributed by atoms with van der Waals surface area (Å²) in [5, 5.41) is 9.99. The maximum Gasteiger partial charge on any atom is 0.259 e. The molecule has 0 unspecified atom stereocenters. The van der Waals surface area contributed by atoms with Crippen LogP contribution in [0.5, 0.6) is 0 Å². The molecule has 2 amide bonds. The number of aromatic amines is 1. The number of H-pyrrole nitrogens is 1. The number of rotatable bonds is 4. The van der Waals surface area contributed by atoms with E-state index in [0.29, 0.717) is 41.3 Å². The van der Waals surface area contributed by atoms with Crippen molar-refractivity contribution in [2.75, 3.05) is 16.8 Å². The Kier molecular flexibility index (Phi) is 5.74. The van der Waals surface area contributed by atoms with E-state index in [1.165, 1.54) is 6.20 Å². The lowest BCUT2D eigenvalue weighted by atomic mass is 9.99. The Bertz CT molecular complexity index is 1590. The molecule has 0 fully saturated rings. The smallest absolute Gasteiger partial charge is 0.259 e. The topological polar surface area (TPSA) is 104 Å². The van der Waals surface area contributed by atoms with Crippen molar-refractivity contribution in [2.24, 2.45) is 0 Å². The van der Waals surface area contributed by atoms with Gasteiger partial charge in [0.2, 0.25) is 0 Å². The van der Waals surface area contributed by atoms with Crippen LogP contribution in [-0.4, -0.2) is 38.5 Å². The van der Waals surface area contributed by atoms with Crippen LogP contribution in [0.4, 0.5) is 11.5 Å². The van der Waals surface area contributed by atoms with Crippen molar-refractivity contribution in [1.29, 1.82) is 0 Å². The molecule has 0 radical (unpaired) electrons. The molecule has 0 atom stereocenters. The Morgan fingerprint density at radius 2 is 1.70 bits per heavy atom. The maximum absolute atomic E-state index is 13.5. The molecule has 6 rings (SSSR count). The molecule has 1 aliphatic heterocycles. The Hall–Kier alpha value is -5.11. The predicted molar refractivity (Wildman–Crippen MR) is 141 cm³/mol. The van der Waals surface area contributed by atoms with Crippen LogP contribution in [0.2, 0.25) is 0 Å². The molecular formula is C29H22N6O2. The average Bonchev–Trinajstić information content (AvgIpc) is 3.36. The highest BCUT2D eigenvalue weighted by Gasteiger charge is 2.27. The van der Waals surface area contributed by atoms with E-state index >= 15 is 0 Å². The maximum atomic E-state index is 13.5. The number of nitrogens with zero attached hydrogens (tertiary/aromatic N) is 4. The Balaban J connectivity index is 1.23. The number of hydrogen-bond donors (Lipinski definition) is 2. The third kappa shape index (κ3) is 4.25. The fourth-order valence-electron chi connectivity index (χ4n) is 4.56. The van der Waals surface area contributed by atoms with Gasteiger partial charge in [-0.15, -0.1) is 0 Å². The summed E-state index contributed by atoms with van der Waals surface area (Å²) in [6.07, 6.45) is 5.61. The van der Waals surface area contributed by atoms with E-state index in [9.17, 15) is 9.59 Å². The Morgan fingerprint density at radius 1 is 0.865 bits per heavy atom. The number of pyridine rings is 2. The van der Waals surface area contributed by atoms with Gasteiger partial charge < -0.3 is 10.2 Å². The number of nitrogens with one attached hydrogen (secondary N) is 2. The summed E-state index contributed by atoms with van der Waals surface area (Å²) < 4.78 is 0. The van der Waals surface area contributed by atoms with Gasteiger partial charge in [-0.05, 0) is 47.9 Å². The van der Waals surface area contributed by atoms with Crippen molar-refractivity contribution >= 4 is 23.3 Å². The van der Waals surface area contributed by atoms with Crippen LogP contribution in [-0.2, 0) is 6.42 Å². The highest BCUT2D eigenvalue weighted by molar-refractivity contribution is 6.09. The lowest BCUT2D eigenvalue weighted by molar-refractivity contribution is 0.0986. The molecule has 0 saturated heterocycles. The van der Waals surface area contributed by atoms with Gasteiger partial charge >= 0.3 is 0 Å². The first kappa shape index (κ1) is 22.4. The number of fused-ring (bicyclic) bond motifs is 3. The van der Waals surface area contributed by atoms with E-state index in [4.69, 9.17) is 0 Å². The molecule has 4 heterocycles. The normalized spacial score (nSPS) is 12.3. The minimum atomic E-state index is -0.270. The largest absolute Gasteiger partial charge is 0.307 e. The molecule has 8 nitrogen and oxygen atoms in total. The predicted octanol–water partition coefficient (Wildman–Crippen LogP) is 4.99. The standard InChI is InChI=1S/C29H22N6O2/c36-28(23-10-5-4-9-22(23)19-7-2-1-3-8-19)33-25-13-12-21(17-31-25)29(37)35-16-14-20-18-32-34-26(20)27-24(35)11-6-15-30-27/h1-13,15,17-18H,14,16H2,(H,32,34)(H,31,33,36). The van der Waals surface area contributed by atoms with E-state index in [-0.39, 0.29) is 11.8 Å². The number of hydrogen-bond acceptors (Lipinski definition) is 5. The lowest BCUT2D eigenvalue weighted by Gasteiger charge is -2.22. The van der Waals surface area contributed by atoms with Crippen LogP contribution in [0.3, 0.4) is 0 Å². The van der Waals surface area contributed by atoms with Gasteiger partial charge in [-0.25, -0.2) is 4.98 Å². The number of carbonyl (C=O) groups is 2. The van der Waals surface area contributed by atoms with Crippen molar-refractivity contribution in [1.82, 2.24) is 20.2 Å². The van der Waals surface area contributed by atoms with E-state index in [1.807, 2.05) is 60.7 Å². The van der Waals surface area contributed by atoms with Crippen molar-refractivity contribution in [3.05, 3.63) is 114 Å². The van der Waals surface area contributed by atoms with Crippen LogP contribution in [0.15, 0.2) is 97.5 Å². The average molecular weight is 487 g/mol. The second-order valence-corrected chi connectivity index (χ2v) is 8.65. The van der Waals surface area contributed by atoms with Crippen LogP contribution >= 0.6 is 0 Å². The summed E-state index contributed by atoms with van der Waals surface area (Å²) in [4.78, 5) is 37.1. The van der Waals surface area contributed by atoms with Crippen LogP contribution < -0.4 is 10.2 Å². The molecule has 8 heteroatoms. The molecular weight excluding hydrogens is 464 g/mol. The third-order valence-electron chi connectivity index (χ3n) is 6.39.